The topological polar surface area (TPSA) is 102 Å². The average Bonchev–Trinajstić information content (AvgIpc) is 3.27. The monoisotopic (exact) mass is 516 g/mol. The van der Waals surface area contributed by atoms with Gasteiger partial charge in [-0.2, -0.15) is 13.2 Å². The number of hydrogen-bond acceptors (Lipinski definition) is 6. The summed E-state index contributed by atoms with van der Waals surface area (Å²) in [5.74, 6) is 0.334. The summed E-state index contributed by atoms with van der Waals surface area (Å²) in [6, 6.07) is -0.193. The number of hydrogen-bond donors (Lipinski definition) is 1. The van der Waals surface area contributed by atoms with Gasteiger partial charge < -0.3 is 18.8 Å². The van der Waals surface area contributed by atoms with Crippen LogP contribution in [-0.2, 0) is 19.6 Å². The van der Waals surface area contributed by atoms with Crippen molar-refractivity contribution >= 4 is 21.6 Å². The van der Waals surface area contributed by atoms with E-state index in [9.17, 15) is 26.4 Å². The molecule has 13 heteroatoms. The molecule has 1 saturated carbocycles. The molecule has 0 aromatic carbocycles. The van der Waals surface area contributed by atoms with Crippen molar-refractivity contribution in [3.8, 4) is 5.75 Å². The Labute approximate surface area is 200 Å². The predicted molar refractivity (Wildman–Crippen MR) is 118 cm³/mol. The second kappa shape index (κ2) is 9.25. The van der Waals surface area contributed by atoms with Gasteiger partial charge in [-0.05, 0) is 44.4 Å². The fraction of sp³-hybridized carbons (Fsp3) is 0.636. The molecular weight excluding hydrogens is 489 g/mol. The number of ether oxygens (including phenoxy) is 2. The highest BCUT2D eigenvalue weighted by Gasteiger charge is 2.49. The molecule has 0 unspecified atom stereocenters. The summed E-state index contributed by atoms with van der Waals surface area (Å²) in [6.07, 6.45) is 9.03. The van der Waals surface area contributed by atoms with Gasteiger partial charge in [-0.3, -0.25) is 4.79 Å². The molecule has 5 heterocycles. The van der Waals surface area contributed by atoms with Gasteiger partial charge in [0.05, 0.1) is 18.8 Å². The van der Waals surface area contributed by atoms with E-state index in [1.54, 1.807) is 17.0 Å². The maximum Gasteiger partial charge on any atom is 0.511 e. The van der Waals surface area contributed by atoms with E-state index in [0.717, 1.165) is 31.2 Å². The zero-order chi connectivity index (χ0) is 24.8. The molecule has 35 heavy (non-hydrogen) atoms. The summed E-state index contributed by atoms with van der Waals surface area (Å²) in [4.78, 5) is 18.9. The summed E-state index contributed by atoms with van der Waals surface area (Å²) in [7, 11) is -5.57. The summed E-state index contributed by atoms with van der Waals surface area (Å²) in [5, 5.41) is 0. The Hall–Kier alpha value is -2.38. The van der Waals surface area contributed by atoms with Crippen LogP contribution in [0.2, 0.25) is 0 Å². The molecule has 0 radical (unpaired) electrons. The Morgan fingerprint density at radius 2 is 1.91 bits per heavy atom. The van der Waals surface area contributed by atoms with Crippen LogP contribution in [0.4, 0.5) is 13.2 Å². The summed E-state index contributed by atoms with van der Waals surface area (Å²) in [5.41, 5.74) is -3.78. The van der Waals surface area contributed by atoms with Gasteiger partial charge in [0.1, 0.15) is 11.4 Å². The number of nitrogens with zero attached hydrogens (tertiary/aromatic N) is 3. The Morgan fingerprint density at radius 3 is 2.66 bits per heavy atom. The first kappa shape index (κ1) is 24.3. The number of fused-ring (bicyclic) bond motifs is 6. The minimum Gasteiger partial charge on any atom is -0.483 e. The van der Waals surface area contributed by atoms with Crippen molar-refractivity contribution in [2.75, 3.05) is 19.8 Å². The van der Waals surface area contributed by atoms with Crippen LogP contribution >= 0.6 is 0 Å². The lowest BCUT2D eigenvalue weighted by atomic mass is 9.83. The molecule has 2 atom stereocenters. The van der Waals surface area contributed by atoms with E-state index in [1.807, 2.05) is 16.8 Å². The number of carbonyl (C=O) groups excluding carboxylic acids is 1. The van der Waals surface area contributed by atoms with E-state index in [0.29, 0.717) is 17.8 Å². The molecular formula is C22H27F3N4O5S. The van der Waals surface area contributed by atoms with Crippen LogP contribution < -0.4 is 9.46 Å². The lowest BCUT2D eigenvalue weighted by Gasteiger charge is -2.42. The van der Waals surface area contributed by atoms with Crippen LogP contribution in [0.15, 0.2) is 24.7 Å². The quantitative estimate of drug-likeness (QED) is 0.659. The minimum absolute atomic E-state index is 0.0487. The maximum atomic E-state index is 13.2. The molecule has 1 amide bonds. The molecule has 6 rings (SSSR count). The van der Waals surface area contributed by atoms with Gasteiger partial charge in [0.25, 0.3) is 5.91 Å². The first-order chi connectivity index (χ1) is 16.6. The molecule has 3 aliphatic heterocycles. The van der Waals surface area contributed by atoms with Gasteiger partial charge >= 0.3 is 15.5 Å². The summed E-state index contributed by atoms with van der Waals surface area (Å²) < 4.78 is 78.6. The van der Waals surface area contributed by atoms with Gasteiger partial charge in [0.2, 0.25) is 0 Å². The fourth-order valence-corrected chi connectivity index (χ4v) is 6.17. The number of nitrogens with one attached hydrogen (secondary N) is 1. The lowest BCUT2D eigenvalue weighted by molar-refractivity contribution is -0.140. The van der Waals surface area contributed by atoms with Crippen molar-refractivity contribution in [3.05, 3.63) is 30.2 Å². The van der Waals surface area contributed by atoms with E-state index in [-0.39, 0.29) is 38.2 Å². The number of imidazole rings is 1. The number of aromatic nitrogens is 2. The van der Waals surface area contributed by atoms with Crippen LogP contribution in [-0.4, -0.2) is 72.1 Å². The zero-order valence-electron chi connectivity index (χ0n) is 18.9. The van der Waals surface area contributed by atoms with E-state index in [4.69, 9.17) is 9.47 Å². The van der Waals surface area contributed by atoms with E-state index in [1.165, 1.54) is 4.90 Å². The van der Waals surface area contributed by atoms with Crippen LogP contribution in [0.3, 0.4) is 0 Å². The first-order valence-electron chi connectivity index (χ1n) is 11.7. The maximum absolute atomic E-state index is 13.2. The number of pyridine rings is 1. The molecule has 1 saturated heterocycles. The third kappa shape index (κ3) is 4.85. The third-order valence-corrected chi connectivity index (χ3v) is 8.42. The van der Waals surface area contributed by atoms with Crippen LogP contribution in [0.25, 0.3) is 5.65 Å². The molecule has 4 aliphatic rings. The van der Waals surface area contributed by atoms with Gasteiger partial charge in [0.15, 0.2) is 6.61 Å². The highest BCUT2D eigenvalue weighted by atomic mass is 32.2. The molecule has 2 aromatic heterocycles. The average molecular weight is 517 g/mol. The molecule has 9 nitrogen and oxygen atoms in total. The third-order valence-electron chi connectivity index (χ3n) is 7.20. The van der Waals surface area contributed by atoms with Crippen molar-refractivity contribution in [2.45, 2.75) is 68.1 Å². The van der Waals surface area contributed by atoms with Crippen molar-refractivity contribution in [3.63, 3.8) is 0 Å². The van der Waals surface area contributed by atoms with E-state index < -0.39 is 33.5 Å². The number of carbonyl (C=O) groups is 1. The molecule has 0 spiro atoms. The number of rotatable bonds is 2. The lowest BCUT2D eigenvalue weighted by Crippen LogP contribution is -2.60. The van der Waals surface area contributed by atoms with Crippen molar-refractivity contribution < 1.29 is 35.9 Å². The van der Waals surface area contributed by atoms with Gasteiger partial charge in [-0.15, -0.1) is 0 Å². The number of piperidine rings is 1. The highest BCUT2D eigenvalue weighted by molar-refractivity contribution is 7.90. The van der Waals surface area contributed by atoms with E-state index in [2.05, 4.69) is 4.98 Å². The van der Waals surface area contributed by atoms with Gasteiger partial charge in [0, 0.05) is 42.8 Å². The zero-order valence-corrected chi connectivity index (χ0v) is 19.7. The molecule has 1 N–H and O–H groups in total. The van der Waals surface area contributed by atoms with Gasteiger partial charge in [-0.1, -0.05) is 0 Å². The smallest absolute Gasteiger partial charge is 0.483 e. The second-order valence-corrected chi connectivity index (χ2v) is 11.1. The van der Waals surface area contributed by atoms with Crippen molar-refractivity contribution in [1.29, 1.82) is 0 Å². The SMILES string of the molecule is O=C1COc2cc3nccn3cc2C2CCC(CC2)OC[C@H]2[C@@H](NS(=O)(=O)C(F)(F)F)CCCN12. The molecule has 2 bridgehead atoms. The predicted octanol–water partition coefficient (Wildman–Crippen LogP) is 2.57. The number of alkyl halides is 3. The standard InChI is InChI=1S/C22H27F3N4O5S/c23-22(24,25)35(31,32)27-17-2-1-8-29-18(17)12-33-15-5-3-14(4-6-15)16-11-28-9-7-26-20(28)10-19(16)34-13-21(29)30/h7,9-11,14-15,17-18,27H,1-6,8,12-13H2/t14?,15?,17-,18-/m0/s1. The molecule has 1 aliphatic carbocycles. The fourth-order valence-electron chi connectivity index (χ4n) is 5.37. The van der Waals surface area contributed by atoms with E-state index >= 15 is 0 Å². The minimum atomic E-state index is -5.57. The highest BCUT2D eigenvalue weighted by Crippen LogP contribution is 2.39. The number of sulfonamides is 1. The summed E-state index contributed by atoms with van der Waals surface area (Å²) in [6.45, 7) is -0.0952. The van der Waals surface area contributed by atoms with Crippen molar-refractivity contribution in [2.24, 2.45) is 0 Å². The van der Waals surface area contributed by atoms with Crippen LogP contribution in [0.1, 0.15) is 50.0 Å². The van der Waals surface area contributed by atoms with Crippen LogP contribution in [0.5, 0.6) is 5.75 Å². The Morgan fingerprint density at radius 1 is 1.14 bits per heavy atom. The van der Waals surface area contributed by atoms with Gasteiger partial charge in [-0.25, -0.2) is 18.1 Å². The normalized spacial score (nSPS) is 28.4. The Balaban J connectivity index is 1.45. The Kier molecular flexibility index (Phi) is 6.43. The van der Waals surface area contributed by atoms with Crippen LogP contribution in [0, 0.1) is 0 Å². The summed E-state index contributed by atoms with van der Waals surface area (Å²) >= 11 is 0. The Bertz CT molecular complexity index is 1190. The van der Waals surface area contributed by atoms with Crippen molar-refractivity contribution in [1.82, 2.24) is 19.0 Å². The second-order valence-electron chi connectivity index (χ2n) is 9.35. The largest absolute Gasteiger partial charge is 0.511 e. The molecule has 2 aromatic rings. The number of halogens is 3. The molecule has 192 valence electrons. The molecule has 2 fully saturated rings. The number of amides is 1. The first-order valence-corrected chi connectivity index (χ1v) is 13.2.